The number of ether oxygens (including phenoxy) is 1. The molecule has 7 heteroatoms. The molecule has 0 radical (unpaired) electrons. The standard InChI is InChI=1S/C10H11ClN2O3S/c1-10(6-2-3-7(11)17-6)5(16-9(12)15)4-8(14)13-10/h2-3,5H,4H2,1H3,(H2,12,15)(H,13,14). The van der Waals surface area contributed by atoms with Gasteiger partial charge < -0.3 is 15.8 Å². The molecule has 92 valence electrons. The Bertz CT molecular complexity index is 476. The molecule has 1 saturated heterocycles. The summed E-state index contributed by atoms with van der Waals surface area (Å²) in [6, 6.07) is 3.54. The largest absolute Gasteiger partial charge is 0.443 e. The molecule has 0 saturated carbocycles. The van der Waals surface area contributed by atoms with Crippen LogP contribution in [0.3, 0.4) is 0 Å². The first-order valence-corrected chi connectivity index (χ1v) is 6.14. The lowest BCUT2D eigenvalue weighted by Crippen LogP contribution is -2.44. The fourth-order valence-electron chi connectivity index (χ4n) is 1.91. The third-order valence-corrected chi connectivity index (χ3v) is 4.23. The molecule has 0 spiro atoms. The highest BCUT2D eigenvalue weighted by atomic mass is 35.5. The molecule has 1 fully saturated rings. The van der Waals surface area contributed by atoms with Crippen LogP contribution in [0.2, 0.25) is 4.34 Å². The molecule has 1 aromatic rings. The Labute approximate surface area is 107 Å². The maximum atomic E-state index is 11.5. The molecular formula is C10H11ClN2O3S. The molecule has 0 bridgehead atoms. The zero-order chi connectivity index (χ0) is 12.6. The second-order valence-corrected chi connectivity index (χ2v) is 5.70. The molecular weight excluding hydrogens is 264 g/mol. The molecule has 2 unspecified atom stereocenters. The van der Waals surface area contributed by atoms with Gasteiger partial charge in [-0.25, -0.2) is 4.79 Å². The van der Waals surface area contributed by atoms with E-state index in [4.69, 9.17) is 22.1 Å². The van der Waals surface area contributed by atoms with Crippen LogP contribution in [0, 0.1) is 0 Å². The first-order valence-electron chi connectivity index (χ1n) is 4.95. The van der Waals surface area contributed by atoms with Crippen LogP contribution < -0.4 is 11.1 Å². The van der Waals surface area contributed by atoms with Crippen molar-refractivity contribution in [2.45, 2.75) is 25.0 Å². The van der Waals surface area contributed by atoms with Crippen LogP contribution >= 0.6 is 22.9 Å². The van der Waals surface area contributed by atoms with Crippen LogP contribution in [0.4, 0.5) is 4.79 Å². The van der Waals surface area contributed by atoms with Crippen molar-refractivity contribution < 1.29 is 14.3 Å². The van der Waals surface area contributed by atoms with E-state index in [2.05, 4.69) is 5.32 Å². The van der Waals surface area contributed by atoms with Crippen molar-refractivity contribution in [1.82, 2.24) is 5.32 Å². The van der Waals surface area contributed by atoms with Gasteiger partial charge in [-0.1, -0.05) is 11.6 Å². The number of halogens is 1. The number of rotatable bonds is 2. The van der Waals surface area contributed by atoms with Gasteiger partial charge in [-0.2, -0.15) is 0 Å². The summed E-state index contributed by atoms with van der Waals surface area (Å²) in [5.41, 5.74) is 4.24. The number of carbonyl (C=O) groups is 2. The number of nitrogens with two attached hydrogens (primary N) is 1. The highest BCUT2D eigenvalue weighted by molar-refractivity contribution is 7.16. The first kappa shape index (κ1) is 12.2. The van der Waals surface area contributed by atoms with Crippen LogP contribution in [0.5, 0.6) is 0 Å². The quantitative estimate of drug-likeness (QED) is 0.859. The highest BCUT2D eigenvalue weighted by Crippen LogP contribution is 2.38. The number of nitrogens with one attached hydrogen (secondary N) is 1. The van der Waals surface area contributed by atoms with Gasteiger partial charge in [0.1, 0.15) is 11.6 Å². The summed E-state index contributed by atoms with van der Waals surface area (Å²) in [5, 5.41) is 2.80. The predicted molar refractivity (Wildman–Crippen MR) is 63.9 cm³/mol. The second kappa shape index (κ2) is 4.19. The van der Waals surface area contributed by atoms with Gasteiger partial charge in [0.05, 0.1) is 10.8 Å². The second-order valence-electron chi connectivity index (χ2n) is 3.98. The number of thiophene rings is 1. The van der Waals surface area contributed by atoms with Crippen molar-refractivity contribution >= 4 is 34.9 Å². The van der Waals surface area contributed by atoms with E-state index in [-0.39, 0.29) is 12.3 Å². The lowest BCUT2D eigenvalue weighted by Gasteiger charge is -2.28. The lowest BCUT2D eigenvalue weighted by atomic mass is 9.95. The van der Waals surface area contributed by atoms with E-state index in [1.165, 1.54) is 11.3 Å². The summed E-state index contributed by atoms with van der Waals surface area (Å²) in [7, 11) is 0. The normalized spacial score (nSPS) is 27.9. The minimum Gasteiger partial charge on any atom is -0.443 e. The zero-order valence-electron chi connectivity index (χ0n) is 9.03. The molecule has 3 N–H and O–H groups in total. The van der Waals surface area contributed by atoms with Crippen molar-refractivity contribution in [2.75, 3.05) is 0 Å². The van der Waals surface area contributed by atoms with E-state index in [1.54, 1.807) is 19.1 Å². The first-order chi connectivity index (χ1) is 7.91. The molecule has 2 amide bonds. The van der Waals surface area contributed by atoms with Gasteiger partial charge in [0.2, 0.25) is 5.91 Å². The maximum Gasteiger partial charge on any atom is 0.404 e. The van der Waals surface area contributed by atoms with Gasteiger partial charge in [0, 0.05) is 4.88 Å². The average Bonchev–Trinajstić information content (AvgIpc) is 2.72. The smallest absolute Gasteiger partial charge is 0.404 e. The van der Waals surface area contributed by atoms with E-state index >= 15 is 0 Å². The highest BCUT2D eigenvalue weighted by Gasteiger charge is 2.47. The van der Waals surface area contributed by atoms with E-state index in [0.29, 0.717) is 4.34 Å². The number of primary amides is 1. The molecule has 1 aromatic heterocycles. The molecule has 0 aromatic carbocycles. The Morgan fingerprint density at radius 3 is 2.94 bits per heavy atom. The van der Waals surface area contributed by atoms with Crippen LogP contribution in [-0.2, 0) is 15.1 Å². The molecule has 1 aliphatic heterocycles. The summed E-state index contributed by atoms with van der Waals surface area (Å²) < 4.78 is 5.59. The summed E-state index contributed by atoms with van der Waals surface area (Å²) in [6.07, 6.45) is -1.39. The third-order valence-electron chi connectivity index (χ3n) is 2.76. The van der Waals surface area contributed by atoms with Crippen LogP contribution in [0.25, 0.3) is 0 Å². The van der Waals surface area contributed by atoms with Crippen LogP contribution in [0.1, 0.15) is 18.2 Å². The van der Waals surface area contributed by atoms with Crippen LogP contribution in [0.15, 0.2) is 12.1 Å². The predicted octanol–water partition coefficient (Wildman–Crippen LogP) is 1.60. The maximum absolute atomic E-state index is 11.5. The van der Waals surface area contributed by atoms with Gasteiger partial charge in [-0.3, -0.25) is 4.79 Å². The summed E-state index contributed by atoms with van der Waals surface area (Å²) >= 11 is 7.20. The van der Waals surface area contributed by atoms with E-state index in [9.17, 15) is 9.59 Å². The third kappa shape index (κ3) is 2.23. The van der Waals surface area contributed by atoms with Crippen LogP contribution in [-0.4, -0.2) is 18.1 Å². The Kier molecular flexibility index (Phi) is 3.01. The monoisotopic (exact) mass is 274 g/mol. The molecule has 5 nitrogen and oxygen atoms in total. The Hall–Kier alpha value is -1.27. The van der Waals surface area contributed by atoms with Crippen molar-refractivity contribution in [3.8, 4) is 0 Å². The van der Waals surface area contributed by atoms with E-state index in [0.717, 1.165) is 4.88 Å². The summed E-state index contributed by atoms with van der Waals surface area (Å²) in [4.78, 5) is 23.1. The number of amides is 2. The van der Waals surface area contributed by atoms with Gasteiger partial charge >= 0.3 is 6.09 Å². The van der Waals surface area contributed by atoms with Crippen molar-refractivity contribution in [3.63, 3.8) is 0 Å². The van der Waals surface area contributed by atoms with Gasteiger partial charge in [0.25, 0.3) is 0 Å². The Balaban J connectivity index is 2.32. The van der Waals surface area contributed by atoms with E-state index in [1.807, 2.05) is 0 Å². The van der Waals surface area contributed by atoms with Gasteiger partial charge in [-0.15, -0.1) is 11.3 Å². The molecule has 2 rings (SSSR count). The summed E-state index contributed by atoms with van der Waals surface area (Å²) in [5.74, 6) is -0.178. The van der Waals surface area contributed by atoms with Crippen molar-refractivity contribution in [1.29, 1.82) is 0 Å². The topological polar surface area (TPSA) is 81.4 Å². The zero-order valence-corrected chi connectivity index (χ0v) is 10.6. The minimum atomic E-state index is -0.889. The molecule has 0 aliphatic carbocycles. The number of carbonyl (C=O) groups excluding carboxylic acids is 2. The van der Waals surface area contributed by atoms with Crippen molar-refractivity contribution in [3.05, 3.63) is 21.3 Å². The SMILES string of the molecule is CC1(c2ccc(Cl)s2)NC(=O)CC1OC(N)=O. The van der Waals surface area contributed by atoms with Crippen molar-refractivity contribution in [2.24, 2.45) is 5.73 Å². The number of hydrogen-bond acceptors (Lipinski definition) is 4. The van der Waals surface area contributed by atoms with Gasteiger partial charge in [0.15, 0.2) is 0 Å². The minimum absolute atomic E-state index is 0.106. The Morgan fingerprint density at radius 2 is 2.41 bits per heavy atom. The summed E-state index contributed by atoms with van der Waals surface area (Å²) in [6.45, 7) is 1.79. The lowest BCUT2D eigenvalue weighted by molar-refractivity contribution is -0.119. The number of hydrogen-bond donors (Lipinski definition) is 2. The molecule has 2 atom stereocenters. The molecule has 1 aliphatic rings. The Morgan fingerprint density at radius 1 is 1.71 bits per heavy atom. The van der Waals surface area contributed by atoms with E-state index < -0.39 is 17.7 Å². The van der Waals surface area contributed by atoms with Gasteiger partial charge in [-0.05, 0) is 19.1 Å². The fourth-order valence-corrected chi connectivity index (χ4v) is 3.10. The molecule has 2 heterocycles. The average molecular weight is 275 g/mol. The molecule has 17 heavy (non-hydrogen) atoms. The fraction of sp³-hybridized carbons (Fsp3) is 0.400.